The summed E-state index contributed by atoms with van der Waals surface area (Å²) in [6.07, 6.45) is 0.737. The second-order valence-electron chi connectivity index (χ2n) is 7.43. The topological polar surface area (TPSA) is 63.2 Å². The van der Waals surface area contributed by atoms with Gasteiger partial charge < -0.3 is 10.1 Å². The molecule has 0 radical (unpaired) electrons. The van der Waals surface area contributed by atoms with Crippen LogP contribution in [-0.4, -0.2) is 17.5 Å². The van der Waals surface area contributed by atoms with Gasteiger partial charge in [-0.05, 0) is 36.8 Å². The highest BCUT2D eigenvalue weighted by Crippen LogP contribution is 2.42. The number of nitrogens with one attached hydrogen (secondary N) is 1. The van der Waals surface area contributed by atoms with Gasteiger partial charge in [0.25, 0.3) is 0 Å². The van der Waals surface area contributed by atoms with Crippen LogP contribution >= 0.6 is 0 Å². The second-order valence-corrected chi connectivity index (χ2v) is 7.43. The maximum atomic E-state index is 13.4. The van der Waals surface area contributed by atoms with Crippen LogP contribution in [0.1, 0.15) is 35.7 Å². The molecule has 0 fully saturated rings. The molecule has 1 aliphatic rings. The number of hydrogen-bond donors (Lipinski definition) is 1. The number of rotatable bonds is 5. The van der Waals surface area contributed by atoms with Crippen LogP contribution in [0.3, 0.4) is 0 Å². The fourth-order valence-electron chi connectivity index (χ4n) is 4.02. The van der Waals surface area contributed by atoms with Crippen LogP contribution < -0.4 is 5.32 Å². The Kier molecular flexibility index (Phi) is 4.55. The molecule has 0 unspecified atom stereocenters. The zero-order chi connectivity index (χ0) is 19.7. The summed E-state index contributed by atoms with van der Waals surface area (Å²) in [7, 11) is 0. The van der Waals surface area contributed by atoms with Crippen LogP contribution in [0.4, 0.5) is 5.69 Å². The van der Waals surface area contributed by atoms with E-state index in [1.165, 1.54) is 6.92 Å². The average molecular weight is 371 g/mol. The largest absolute Gasteiger partial charge is 0.325 e. The SMILES string of the molecule is CC(=O)CC[C@@]1(C(=O)Nc2cccc3ccccc23)Cc2ccccc2C1=O. The molecule has 1 N–H and O–H groups in total. The van der Waals surface area contributed by atoms with Gasteiger partial charge in [-0.1, -0.05) is 60.7 Å². The molecule has 4 rings (SSSR count). The molecule has 140 valence electrons. The van der Waals surface area contributed by atoms with Crippen molar-refractivity contribution in [3.05, 3.63) is 77.9 Å². The molecule has 3 aromatic rings. The van der Waals surface area contributed by atoms with Gasteiger partial charge in [-0.2, -0.15) is 0 Å². The molecule has 0 spiro atoms. The summed E-state index contributed by atoms with van der Waals surface area (Å²) in [6.45, 7) is 1.49. The zero-order valence-electron chi connectivity index (χ0n) is 15.7. The van der Waals surface area contributed by atoms with Gasteiger partial charge in [0.15, 0.2) is 5.78 Å². The van der Waals surface area contributed by atoms with Crippen molar-refractivity contribution in [2.24, 2.45) is 5.41 Å². The highest BCUT2D eigenvalue weighted by atomic mass is 16.2. The van der Waals surface area contributed by atoms with Crippen LogP contribution in [0.5, 0.6) is 0 Å². The van der Waals surface area contributed by atoms with E-state index >= 15 is 0 Å². The zero-order valence-corrected chi connectivity index (χ0v) is 15.7. The van der Waals surface area contributed by atoms with E-state index in [4.69, 9.17) is 0 Å². The Labute approximate surface area is 163 Å². The minimum Gasteiger partial charge on any atom is -0.325 e. The first-order valence-corrected chi connectivity index (χ1v) is 9.43. The molecule has 4 nitrogen and oxygen atoms in total. The van der Waals surface area contributed by atoms with Gasteiger partial charge in [-0.3, -0.25) is 9.59 Å². The fraction of sp³-hybridized carbons (Fsp3) is 0.208. The van der Waals surface area contributed by atoms with Gasteiger partial charge in [0.1, 0.15) is 11.2 Å². The van der Waals surface area contributed by atoms with E-state index < -0.39 is 5.41 Å². The monoisotopic (exact) mass is 371 g/mol. The summed E-state index contributed by atoms with van der Waals surface area (Å²) < 4.78 is 0. The van der Waals surface area contributed by atoms with Crippen molar-refractivity contribution in [1.82, 2.24) is 0 Å². The molecule has 1 atom stereocenters. The molecule has 1 amide bonds. The Morgan fingerprint density at radius 1 is 0.964 bits per heavy atom. The van der Waals surface area contributed by atoms with Gasteiger partial charge in [0.2, 0.25) is 5.91 Å². The molecule has 0 saturated heterocycles. The minimum atomic E-state index is -1.24. The van der Waals surface area contributed by atoms with E-state index in [0.717, 1.165) is 16.3 Å². The van der Waals surface area contributed by atoms with E-state index in [0.29, 0.717) is 17.7 Å². The van der Waals surface area contributed by atoms with E-state index in [1.807, 2.05) is 54.6 Å². The number of anilines is 1. The summed E-state index contributed by atoms with van der Waals surface area (Å²) in [5.41, 5.74) is 0.879. The molecule has 3 aromatic carbocycles. The first kappa shape index (κ1) is 18.1. The van der Waals surface area contributed by atoms with Gasteiger partial charge in [-0.15, -0.1) is 0 Å². The fourth-order valence-corrected chi connectivity index (χ4v) is 4.02. The number of fused-ring (bicyclic) bond motifs is 2. The highest BCUT2D eigenvalue weighted by molar-refractivity contribution is 6.21. The molecular formula is C24H21NO3. The smallest absolute Gasteiger partial charge is 0.238 e. The van der Waals surface area contributed by atoms with Crippen molar-refractivity contribution in [3.63, 3.8) is 0 Å². The lowest BCUT2D eigenvalue weighted by Gasteiger charge is -2.26. The number of carbonyl (C=O) groups is 3. The summed E-state index contributed by atoms with van der Waals surface area (Å²) in [5, 5.41) is 4.92. The Morgan fingerprint density at radius 2 is 1.68 bits per heavy atom. The van der Waals surface area contributed by atoms with Gasteiger partial charge in [0.05, 0.1) is 0 Å². The van der Waals surface area contributed by atoms with Crippen LogP contribution in [0, 0.1) is 5.41 Å². The lowest BCUT2D eigenvalue weighted by Crippen LogP contribution is -2.42. The molecule has 4 heteroatoms. The predicted octanol–water partition coefficient (Wildman–Crippen LogP) is 4.57. The van der Waals surface area contributed by atoms with E-state index in [2.05, 4.69) is 5.32 Å². The minimum absolute atomic E-state index is 0.0268. The summed E-state index contributed by atoms with van der Waals surface area (Å²) >= 11 is 0. The number of amides is 1. The van der Waals surface area contributed by atoms with Crippen molar-refractivity contribution in [3.8, 4) is 0 Å². The maximum Gasteiger partial charge on any atom is 0.238 e. The second kappa shape index (κ2) is 7.04. The van der Waals surface area contributed by atoms with Crippen LogP contribution in [-0.2, 0) is 16.0 Å². The normalized spacial score (nSPS) is 18.1. The Hall–Kier alpha value is -3.27. The van der Waals surface area contributed by atoms with E-state index in [9.17, 15) is 14.4 Å². The molecule has 0 heterocycles. The van der Waals surface area contributed by atoms with Gasteiger partial charge in [-0.25, -0.2) is 0 Å². The number of Topliss-reactive ketones (excluding diaryl/α,β-unsaturated/α-hetero) is 2. The van der Waals surface area contributed by atoms with Crippen molar-refractivity contribution < 1.29 is 14.4 Å². The molecule has 28 heavy (non-hydrogen) atoms. The third-order valence-corrected chi connectivity index (χ3v) is 5.57. The average Bonchev–Trinajstić information content (AvgIpc) is 3.00. The van der Waals surface area contributed by atoms with E-state index in [-0.39, 0.29) is 30.3 Å². The number of ketones is 2. The molecule has 0 aliphatic heterocycles. The first-order chi connectivity index (χ1) is 13.5. The third kappa shape index (κ3) is 3.01. The summed E-state index contributed by atoms with van der Waals surface area (Å²) in [6, 6.07) is 20.8. The van der Waals surface area contributed by atoms with Crippen LogP contribution in [0.25, 0.3) is 10.8 Å². The predicted molar refractivity (Wildman–Crippen MR) is 109 cm³/mol. The molecule has 0 aromatic heterocycles. The number of carbonyl (C=O) groups excluding carboxylic acids is 3. The Bertz CT molecular complexity index is 1100. The molecule has 0 saturated carbocycles. The molecule has 0 bridgehead atoms. The third-order valence-electron chi connectivity index (χ3n) is 5.57. The molecular weight excluding hydrogens is 350 g/mol. The lowest BCUT2D eigenvalue weighted by atomic mass is 9.77. The molecule has 1 aliphatic carbocycles. The van der Waals surface area contributed by atoms with Gasteiger partial charge >= 0.3 is 0 Å². The summed E-state index contributed by atoms with van der Waals surface area (Å²) in [5.74, 6) is -0.561. The number of hydrogen-bond acceptors (Lipinski definition) is 3. The first-order valence-electron chi connectivity index (χ1n) is 9.43. The van der Waals surface area contributed by atoms with Crippen molar-refractivity contribution in [1.29, 1.82) is 0 Å². The van der Waals surface area contributed by atoms with Crippen LogP contribution in [0.15, 0.2) is 66.7 Å². The lowest BCUT2D eigenvalue weighted by molar-refractivity contribution is -0.124. The Balaban J connectivity index is 1.72. The van der Waals surface area contributed by atoms with Crippen LogP contribution in [0.2, 0.25) is 0 Å². The number of benzene rings is 3. The quantitative estimate of drug-likeness (QED) is 0.668. The van der Waals surface area contributed by atoms with Gasteiger partial charge in [0, 0.05) is 23.1 Å². The van der Waals surface area contributed by atoms with Crippen molar-refractivity contribution >= 4 is 33.9 Å². The van der Waals surface area contributed by atoms with E-state index in [1.54, 1.807) is 12.1 Å². The van der Waals surface area contributed by atoms with Crippen molar-refractivity contribution in [2.75, 3.05) is 5.32 Å². The standard InChI is InChI=1S/C24H21NO3/c1-16(26)13-14-24(15-18-8-3-5-11-20(18)22(24)27)23(28)25-21-12-6-9-17-7-2-4-10-19(17)21/h2-12H,13-15H2,1H3,(H,25,28)/t24-/m1/s1. The Morgan fingerprint density at radius 3 is 2.46 bits per heavy atom. The maximum absolute atomic E-state index is 13.4. The van der Waals surface area contributed by atoms with Crippen molar-refractivity contribution in [2.45, 2.75) is 26.2 Å². The summed E-state index contributed by atoms with van der Waals surface area (Å²) in [4.78, 5) is 38.3. The highest BCUT2D eigenvalue weighted by Gasteiger charge is 2.51.